The van der Waals surface area contributed by atoms with Gasteiger partial charge in [0.25, 0.3) is 0 Å². The zero-order valence-electron chi connectivity index (χ0n) is 14.4. The van der Waals surface area contributed by atoms with Crippen LogP contribution in [0.15, 0.2) is 24.3 Å². The molecule has 0 saturated carbocycles. The smallest absolute Gasteiger partial charge is 0.321 e. The van der Waals surface area contributed by atoms with E-state index >= 15 is 0 Å². The minimum Gasteiger partial charge on any atom is -0.497 e. The molecule has 24 heavy (non-hydrogen) atoms. The lowest BCUT2D eigenvalue weighted by atomic mass is 9.80. The summed E-state index contributed by atoms with van der Waals surface area (Å²) >= 11 is 0. The Morgan fingerprint density at radius 1 is 1.29 bits per heavy atom. The number of nitrogens with one attached hydrogen (secondary N) is 1. The molecule has 1 atom stereocenters. The highest BCUT2D eigenvalue weighted by Crippen LogP contribution is 2.35. The first-order valence-corrected chi connectivity index (χ1v) is 8.51. The second kappa shape index (κ2) is 6.71. The number of likely N-dealkylation sites (tertiary alicyclic amines) is 2. The standard InChI is InChI=1S/C18H25N3O3/c1-20-16(22)8-4-9-18(20)10-5-11-21(13-18)17(23)19-14-6-3-7-15(12-14)24-2/h3,6-7,12H,4-5,8-11,13H2,1-2H3,(H,19,23). The van der Waals surface area contributed by atoms with Crippen molar-refractivity contribution in [3.8, 4) is 5.75 Å². The number of urea groups is 1. The quantitative estimate of drug-likeness (QED) is 0.906. The van der Waals surface area contributed by atoms with Crippen LogP contribution in [-0.2, 0) is 4.79 Å². The monoisotopic (exact) mass is 331 g/mol. The van der Waals surface area contributed by atoms with Crippen molar-refractivity contribution in [1.29, 1.82) is 0 Å². The minimum absolute atomic E-state index is 0.117. The Labute approximate surface area is 142 Å². The van der Waals surface area contributed by atoms with Crippen LogP contribution in [0.4, 0.5) is 10.5 Å². The number of rotatable bonds is 2. The number of benzene rings is 1. The number of carbonyl (C=O) groups is 2. The summed E-state index contributed by atoms with van der Waals surface area (Å²) < 4.78 is 5.19. The molecule has 1 unspecified atom stereocenters. The summed E-state index contributed by atoms with van der Waals surface area (Å²) in [6.07, 6.45) is 4.39. The molecule has 6 nitrogen and oxygen atoms in total. The molecule has 1 spiro atoms. The summed E-state index contributed by atoms with van der Waals surface area (Å²) in [5.41, 5.74) is 0.520. The molecule has 3 amide bonds. The molecule has 2 fully saturated rings. The van der Waals surface area contributed by atoms with Gasteiger partial charge in [0.05, 0.1) is 12.6 Å². The maximum atomic E-state index is 12.7. The van der Waals surface area contributed by atoms with E-state index in [-0.39, 0.29) is 17.5 Å². The van der Waals surface area contributed by atoms with Crippen molar-refractivity contribution in [2.75, 3.05) is 32.6 Å². The zero-order valence-corrected chi connectivity index (χ0v) is 14.4. The van der Waals surface area contributed by atoms with Crippen LogP contribution in [0.1, 0.15) is 32.1 Å². The number of carbonyl (C=O) groups excluding carboxylic acids is 2. The number of ether oxygens (including phenoxy) is 1. The highest BCUT2D eigenvalue weighted by Gasteiger charge is 2.44. The zero-order chi connectivity index (χ0) is 17.2. The van der Waals surface area contributed by atoms with Crippen molar-refractivity contribution in [3.05, 3.63) is 24.3 Å². The summed E-state index contributed by atoms with van der Waals surface area (Å²) in [6, 6.07) is 7.21. The molecule has 0 bridgehead atoms. The highest BCUT2D eigenvalue weighted by atomic mass is 16.5. The van der Waals surface area contributed by atoms with E-state index in [2.05, 4.69) is 5.32 Å². The number of hydrogen-bond acceptors (Lipinski definition) is 3. The molecule has 1 aromatic carbocycles. The van der Waals surface area contributed by atoms with Crippen LogP contribution in [-0.4, -0.2) is 54.5 Å². The van der Waals surface area contributed by atoms with E-state index in [4.69, 9.17) is 4.74 Å². The molecule has 0 aliphatic carbocycles. The maximum Gasteiger partial charge on any atom is 0.321 e. The summed E-state index contributed by atoms with van der Waals surface area (Å²) in [5.74, 6) is 0.900. The third-order valence-corrected chi connectivity index (χ3v) is 5.28. The fourth-order valence-electron chi connectivity index (χ4n) is 3.84. The van der Waals surface area contributed by atoms with Gasteiger partial charge in [-0.2, -0.15) is 0 Å². The number of piperidine rings is 2. The Kier molecular flexibility index (Phi) is 4.64. The molecule has 0 radical (unpaired) electrons. The Bertz CT molecular complexity index is 630. The van der Waals surface area contributed by atoms with Crippen molar-refractivity contribution >= 4 is 17.6 Å². The Morgan fingerprint density at radius 3 is 2.88 bits per heavy atom. The van der Waals surface area contributed by atoms with Crippen molar-refractivity contribution in [3.63, 3.8) is 0 Å². The highest BCUT2D eigenvalue weighted by molar-refractivity contribution is 5.89. The fraction of sp³-hybridized carbons (Fsp3) is 0.556. The number of likely N-dealkylation sites (N-methyl/N-ethyl adjacent to an activating group) is 1. The van der Waals surface area contributed by atoms with Crippen LogP contribution in [0, 0.1) is 0 Å². The Morgan fingerprint density at radius 2 is 2.08 bits per heavy atom. The van der Waals surface area contributed by atoms with Crippen molar-refractivity contribution in [2.24, 2.45) is 0 Å². The van der Waals surface area contributed by atoms with E-state index in [0.717, 1.165) is 32.2 Å². The van der Waals surface area contributed by atoms with Gasteiger partial charge in [-0.3, -0.25) is 4.79 Å². The van der Waals surface area contributed by atoms with Crippen LogP contribution in [0.3, 0.4) is 0 Å². The third kappa shape index (κ3) is 3.18. The summed E-state index contributed by atoms with van der Waals surface area (Å²) in [7, 11) is 3.48. The molecule has 3 rings (SSSR count). The van der Waals surface area contributed by atoms with Gasteiger partial charge in [0.1, 0.15) is 5.75 Å². The second-order valence-electron chi connectivity index (χ2n) is 6.72. The average Bonchev–Trinajstić information content (AvgIpc) is 2.60. The molecule has 1 aromatic rings. The first-order valence-electron chi connectivity index (χ1n) is 8.51. The van der Waals surface area contributed by atoms with Gasteiger partial charge in [0.15, 0.2) is 0 Å². The lowest BCUT2D eigenvalue weighted by molar-refractivity contribution is -0.142. The number of hydrogen-bond donors (Lipinski definition) is 1. The number of anilines is 1. The normalized spacial score (nSPS) is 24.2. The molecule has 2 heterocycles. The molecule has 2 aliphatic rings. The summed E-state index contributed by atoms with van der Waals surface area (Å²) in [4.78, 5) is 28.5. The topological polar surface area (TPSA) is 61.9 Å². The van der Waals surface area contributed by atoms with Crippen LogP contribution in [0.2, 0.25) is 0 Å². The summed E-state index contributed by atoms with van der Waals surface area (Å²) in [6.45, 7) is 1.32. The van der Waals surface area contributed by atoms with E-state index in [1.54, 1.807) is 13.2 Å². The Balaban J connectivity index is 1.70. The van der Waals surface area contributed by atoms with Crippen LogP contribution < -0.4 is 10.1 Å². The van der Waals surface area contributed by atoms with Crippen molar-refractivity contribution < 1.29 is 14.3 Å². The molecular formula is C18H25N3O3. The number of nitrogens with zero attached hydrogens (tertiary/aromatic N) is 2. The van der Waals surface area contributed by atoms with E-state index in [0.29, 0.717) is 24.4 Å². The van der Waals surface area contributed by atoms with Crippen molar-refractivity contribution in [2.45, 2.75) is 37.6 Å². The van der Waals surface area contributed by atoms with Gasteiger partial charge in [0.2, 0.25) is 5.91 Å². The first-order chi connectivity index (χ1) is 11.5. The van der Waals surface area contributed by atoms with Gasteiger partial charge in [0, 0.05) is 38.3 Å². The molecular weight excluding hydrogens is 306 g/mol. The summed E-state index contributed by atoms with van der Waals surface area (Å²) in [5, 5.41) is 2.94. The van der Waals surface area contributed by atoms with Gasteiger partial charge < -0.3 is 19.9 Å². The van der Waals surface area contributed by atoms with Gasteiger partial charge >= 0.3 is 6.03 Å². The predicted octanol–water partition coefficient (Wildman–Crippen LogP) is 2.70. The number of amides is 3. The van der Waals surface area contributed by atoms with Gasteiger partial charge in [-0.1, -0.05) is 6.07 Å². The van der Waals surface area contributed by atoms with E-state index in [9.17, 15) is 9.59 Å². The van der Waals surface area contributed by atoms with E-state index < -0.39 is 0 Å². The molecule has 2 saturated heterocycles. The molecule has 6 heteroatoms. The lowest BCUT2D eigenvalue weighted by Gasteiger charge is -2.50. The second-order valence-corrected chi connectivity index (χ2v) is 6.72. The van der Waals surface area contributed by atoms with Gasteiger partial charge in [-0.05, 0) is 37.8 Å². The minimum atomic E-state index is -0.195. The Hall–Kier alpha value is -2.24. The van der Waals surface area contributed by atoms with Gasteiger partial charge in [-0.15, -0.1) is 0 Å². The molecule has 130 valence electrons. The van der Waals surface area contributed by atoms with E-state index in [1.807, 2.05) is 35.0 Å². The maximum absolute atomic E-state index is 12.7. The van der Waals surface area contributed by atoms with Crippen molar-refractivity contribution in [1.82, 2.24) is 9.80 Å². The fourth-order valence-corrected chi connectivity index (χ4v) is 3.84. The number of methoxy groups -OCH3 is 1. The predicted molar refractivity (Wildman–Crippen MR) is 92.2 cm³/mol. The van der Waals surface area contributed by atoms with Crippen LogP contribution in [0.25, 0.3) is 0 Å². The molecule has 1 N–H and O–H groups in total. The lowest BCUT2D eigenvalue weighted by Crippen LogP contribution is -2.62. The largest absolute Gasteiger partial charge is 0.497 e. The molecule has 2 aliphatic heterocycles. The van der Waals surface area contributed by atoms with E-state index in [1.165, 1.54) is 0 Å². The third-order valence-electron chi connectivity index (χ3n) is 5.28. The van der Waals surface area contributed by atoms with Gasteiger partial charge in [-0.25, -0.2) is 4.79 Å². The van der Waals surface area contributed by atoms with Crippen LogP contribution >= 0.6 is 0 Å². The first kappa shape index (κ1) is 16.6. The SMILES string of the molecule is COc1cccc(NC(=O)N2CCCC3(CCCC(=O)N3C)C2)c1. The average molecular weight is 331 g/mol. The molecule has 0 aromatic heterocycles. The van der Waals surface area contributed by atoms with Crippen LogP contribution in [0.5, 0.6) is 5.75 Å².